The van der Waals surface area contributed by atoms with Crippen LogP contribution in [0.3, 0.4) is 0 Å². The molecule has 0 bridgehead atoms. The fourth-order valence-electron chi connectivity index (χ4n) is 3.10. The van der Waals surface area contributed by atoms with Crippen LogP contribution in [0.1, 0.15) is 29.1 Å². The van der Waals surface area contributed by atoms with Gasteiger partial charge in [0.25, 0.3) is 11.5 Å². The van der Waals surface area contributed by atoms with Gasteiger partial charge in [-0.3, -0.25) is 9.59 Å². The van der Waals surface area contributed by atoms with E-state index in [1.165, 1.54) is 14.2 Å². The van der Waals surface area contributed by atoms with Gasteiger partial charge in [0.15, 0.2) is 11.5 Å². The van der Waals surface area contributed by atoms with E-state index >= 15 is 0 Å². The quantitative estimate of drug-likeness (QED) is 0.657. The number of hydrogen-bond donors (Lipinski definition) is 1. The molecule has 3 aromatic rings. The predicted molar refractivity (Wildman–Crippen MR) is 112 cm³/mol. The smallest absolute Gasteiger partial charge is 0.258 e. The maximum Gasteiger partial charge on any atom is 0.258 e. The lowest BCUT2D eigenvalue weighted by molar-refractivity contribution is 0.0952. The Kier molecular flexibility index (Phi) is 6.04. The number of carbonyl (C=O) groups is 1. The van der Waals surface area contributed by atoms with Crippen molar-refractivity contribution in [2.75, 3.05) is 14.2 Å². The Morgan fingerprint density at radius 1 is 1.18 bits per heavy atom. The Hall–Kier alpha value is -2.80. The third-order valence-electron chi connectivity index (χ3n) is 4.40. The molecule has 0 fully saturated rings. The van der Waals surface area contributed by atoms with Crippen molar-refractivity contribution in [3.63, 3.8) is 0 Å². The van der Waals surface area contributed by atoms with Crippen molar-refractivity contribution in [3.05, 3.63) is 56.6 Å². The fourth-order valence-corrected chi connectivity index (χ4v) is 3.75. The normalized spacial score (nSPS) is 11.0. The van der Waals surface area contributed by atoms with E-state index in [0.717, 1.165) is 4.88 Å². The van der Waals surface area contributed by atoms with Crippen LogP contribution in [-0.2, 0) is 13.1 Å². The van der Waals surface area contributed by atoms with Gasteiger partial charge in [0.1, 0.15) is 0 Å². The zero-order valence-electron chi connectivity index (χ0n) is 16.4. The van der Waals surface area contributed by atoms with Crippen molar-refractivity contribution in [2.45, 2.75) is 26.9 Å². The van der Waals surface area contributed by atoms with Crippen LogP contribution < -0.4 is 20.3 Å². The summed E-state index contributed by atoms with van der Waals surface area (Å²) in [7, 11) is 3.05. The van der Waals surface area contributed by atoms with Gasteiger partial charge in [-0.15, -0.1) is 11.3 Å². The molecule has 0 spiro atoms. The lowest BCUT2D eigenvalue weighted by atomic mass is 10.0. The van der Waals surface area contributed by atoms with Crippen molar-refractivity contribution in [1.29, 1.82) is 0 Å². The molecule has 1 amide bonds. The minimum Gasteiger partial charge on any atom is -0.493 e. The molecule has 0 unspecified atom stereocenters. The van der Waals surface area contributed by atoms with E-state index in [9.17, 15) is 9.59 Å². The molecular weight excluding hydrogens is 376 g/mol. The highest BCUT2D eigenvalue weighted by molar-refractivity contribution is 7.09. The third-order valence-corrected chi connectivity index (χ3v) is 5.28. The summed E-state index contributed by atoms with van der Waals surface area (Å²) in [5, 5.41) is 5.89. The Balaban J connectivity index is 2.13. The number of ether oxygens (including phenoxy) is 2. The minimum absolute atomic E-state index is 0.153. The van der Waals surface area contributed by atoms with E-state index in [1.54, 1.807) is 34.2 Å². The molecule has 3 rings (SSSR count). The molecular formula is C21H24N2O4S. The summed E-state index contributed by atoms with van der Waals surface area (Å²) in [4.78, 5) is 27.0. The summed E-state index contributed by atoms with van der Waals surface area (Å²) in [6.45, 7) is 5.02. The van der Waals surface area contributed by atoms with Crippen molar-refractivity contribution in [1.82, 2.24) is 9.88 Å². The molecule has 28 heavy (non-hydrogen) atoms. The standard InChI is InChI=1S/C21H24N2O4S/c1-13(2)11-23-12-17(20(24)22-10-14-6-5-7-28-14)15-8-18(26-3)19(27-4)9-16(15)21(23)25/h5-9,12-13H,10-11H2,1-4H3,(H,22,24). The number of fused-ring (bicyclic) bond motifs is 1. The average molecular weight is 401 g/mol. The number of hydrogen-bond acceptors (Lipinski definition) is 5. The number of aromatic nitrogens is 1. The number of methoxy groups -OCH3 is 2. The minimum atomic E-state index is -0.233. The van der Waals surface area contributed by atoms with Crippen LogP contribution in [0.2, 0.25) is 0 Å². The van der Waals surface area contributed by atoms with Crippen LogP contribution in [-0.4, -0.2) is 24.7 Å². The second-order valence-electron chi connectivity index (χ2n) is 6.91. The predicted octanol–water partition coefficient (Wildman–Crippen LogP) is 3.67. The van der Waals surface area contributed by atoms with E-state index in [-0.39, 0.29) is 17.4 Å². The van der Waals surface area contributed by atoms with E-state index < -0.39 is 0 Å². The molecule has 1 N–H and O–H groups in total. The van der Waals surface area contributed by atoms with Gasteiger partial charge >= 0.3 is 0 Å². The summed E-state index contributed by atoms with van der Waals surface area (Å²) in [6, 6.07) is 7.25. The number of nitrogens with one attached hydrogen (secondary N) is 1. The number of pyridine rings is 1. The van der Waals surface area contributed by atoms with Crippen molar-refractivity contribution >= 4 is 28.0 Å². The first-order valence-corrected chi connectivity index (χ1v) is 9.92. The summed E-state index contributed by atoms with van der Waals surface area (Å²) in [5.41, 5.74) is 0.284. The van der Waals surface area contributed by atoms with E-state index in [1.807, 2.05) is 31.4 Å². The summed E-state index contributed by atoms with van der Waals surface area (Å²) in [6.07, 6.45) is 1.64. The zero-order chi connectivity index (χ0) is 20.3. The van der Waals surface area contributed by atoms with Gasteiger partial charge in [0.05, 0.1) is 31.7 Å². The van der Waals surface area contributed by atoms with Gasteiger partial charge < -0.3 is 19.4 Å². The van der Waals surface area contributed by atoms with Crippen LogP contribution in [0.15, 0.2) is 40.6 Å². The van der Waals surface area contributed by atoms with Crippen molar-refractivity contribution in [3.8, 4) is 11.5 Å². The number of rotatable bonds is 7. The summed E-state index contributed by atoms with van der Waals surface area (Å²) in [5.74, 6) is 0.961. The number of thiophene rings is 1. The molecule has 0 aliphatic rings. The van der Waals surface area contributed by atoms with Gasteiger partial charge in [0, 0.05) is 23.0 Å². The Labute approximate surface area is 167 Å². The van der Waals surface area contributed by atoms with Crippen LogP contribution in [0.5, 0.6) is 11.5 Å². The molecule has 7 heteroatoms. The van der Waals surface area contributed by atoms with Gasteiger partial charge in [-0.2, -0.15) is 0 Å². The molecule has 0 saturated carbocycles. The molecule has 0 atom stereocenters. The Morgan fingerprint density at radius 2 is 1.86 bits per heavy atom. The molecule has 6 nitrogen and oxygen atoms in total. The summed E-state index contributed by atoms with van der Waals surface area (Å²) < 4.78 is 12.3. The number of amides is 1. The van der Waals surface area contributed by atoms with E-state index in [4.69, 9.17) is 9.47 Å². The monoisotopic (exact) mass is 400 g/mol. The van der Waals surface area contributed by atoms with Crippen LogP contribution in [0.25, 0.3) is 10.8 Å². The highest BCUT2D eigenvalue weighted by Gasteiger charge is 2.18. The highest BCUT2D eigenvalue weighted by Crippen LogP contribution is 2.32. The maximum atomic E-state index is 13.0. The molecule has 0 aliphatic carbocycles. The van der Waals surface area contributed by atoms with Gasteiger partial charge in [0.2, 0.25) is 0 Å². The lowest BCUT2D eigenvalue weighted by Crippen LogP contribution is -2.28. The second kappa shape index (κ2) is 8.48. The summed E-state index contributed by atoms with van der Waals surface area (Å²) >= 11 is 1.58. The van der Waals surface area contributed by atoms with E-state index in [2.05, 4.69) is 5.32 Å². The second-order valence-corrected chi connectivity index (χ2v) is 7.94. The zero-order valence-corrected chi connectivity index (χ0v) is 17.3. The van der Waals surface area contributed by atoms with Crippen LogP contribution in [0.4, 0.5) is 0 Å². The Bertz CT molecular complexity index is 1040. The Morgan fingerprint density at radius 3 is 2.43 bits per heavy atom. The third kappa shape index (κ3) is 4.04. The van der Waals surface area contributed by atoms with E-state index in [0.29, 0.717) is 40.9 Å². The lowest BCUT2D eigenvalue weighted by Gasteiger charge is -2.16. The SMILES string of the molecule is COc1cc2c(C(=O)NCc3cccs3)cn(CC(C)C)c(=O)c2cc1OC. The largest absolute Gasteiger partial charge is 0.493 e. The first kappa shape index (κ1) is 19.9. The maximum absolute atomic E-state index is 13.0. The molecule has 2 aromatic heterocycles. The molecule has 1 aromatic carbocycles. The van der Waals surface area contributed by atoms with Crippen molar-refractivity contribution in [2.24, 2.45) is 5.92 Å². The van der Waals surface area contributed by atoms with Crippen molar-refractivity contribution < 1.29 is 14.3 Å². The van der Waals surface area contributed by atoms with Crippen LogP contribution >= 0.6 is 11.3 Å². The number of benzene rings is 1. The average Bonchev–Trinajstić information content (AvgIpc) is 3.20. The van der Waals surface area contributed by atoms with Crippen LogP contribution in [0, 0.1) is 5.92 Å². The fraction of sp³-hybridized carbons (Fsp3) is 0.333. The highest BCUT2D eigenvalue weighted by atomic mass is 32.1. The van der Waals surface area contributed by atoms with Gasteiger partial charge in [-0.05, 0) is 29.5 Å². The van der Waals surface area contributed by atoms with Gasteiger partial charge in [-0.25, -0.2) is 0 Å². The van der Waals surface area contributed by atoms with Gasteiger partial charge in [-0.1, -0.05) is 19.9 Å². The number of carbonyl (C=O) groups excluding carboxylic acids is 1. The first-order valence-electron chi connectivity index (χ1n) is 9.04. The first-order chi connectivity index (χ1) is 13.4. The molecule has 0 saturated heterocycles. The molecule has 0 aliphatic heterocycles. The molecule has 148 valence electrons. The molecule has 2 heterocycles. The number of nitrogens with zero attached hydrogens (tertiary/aromatic N) is 1. The topological polar surface area (TPSA) is 69.6 Å². The molecule has 0 radical (unpaired) electrons.